The number of anilines is 1. The second-order valence-electron chi connectivity index (χ2n) is 4.99. The summed E-state index contributed by atoms with van der Waals surface area (Å²) in [5, 5.41) is 0. The van der Waals surface area contributed by atoms with E-state index in [1.807, 2.05) is 20.8 Å². The van der Waals surface area contributed by atoms with Crippen molar-refractivity contribution < 1.29 is 12.6 Å². The van der Waals surface area contributed by atoms with Crippen molar-refractivity contribution in [3.8, 4) is 0 Å². The summed E-state index contributed by atoms with van der Waals surface area (Å²) in [4.78, 5) is 0.415. The van der Waals surface area contributed by atoms with Crippen molar-refractivity contribution in [3.05, 3.63) is 24.3 Å². The molecule has 0 aliphatic carbocycles. The molecule has 1 aromatic rings. The van der Waals surface area contributed by atoms with Gasteiger partial charge in [0.25, 0.3) is 0 Å². The zero-order chi connectivity index (χ0) is 14.0. The van der Waals surface area contributed by atoms with Crippen molar-refractivity contribution in [2.24, 2.45) is 0 Å². The third kappa shape index (κ3) is 5.16. The molecule has 5 nitrogen and oxygen atoms in total. The van der Waals surface area contributed by atoms with E-state index in [4.69, 9.17) is 0 Å². The van der Waals surface area contributed by atoms with E-state index in [1.165, 1.54) is 0 Å². The number of nitrogens with one attached hydrogen (secondary N) is 2. The highest BCUT2D eigenvalue weighted by Gasteiger charge is 2.18. The minimum Gasteiger partial charge on any atom is -0.283 e. The summed E-state index contributed by atoms with van der Waals surface area (Å²) in [5.74, 6) is 0. The molecule has 7 heteroatoms. The maximum Gasteiger partial charge on any atom is 0.229 e. The van der Waals surface area contributed by atoms with Crippen LogP contribution < -0.4 is 9.44 Å². The van der Waals surface area contributed by atoms with Gasteiger partial charge in [-0.3, -0.25) is 4.72 Å². The fourth-order valence-electron chi connectivity index (χ4n) is 1.25. The van der Waals surface area contributed by atoms with Crippen molar-refractivity contribution in [1.29, 1.82) is 0 Å². The molecule has 0 bridgehead atoms. The fraction of sp³-hybridized carbons (Fsp3) is 0.455. The number of benzene rings is 1. The summed E-state index contributed by atoms with van der Waals surface area (Å²) in [7, 11) is -4.87. The molecule has 0 saturated carbocycles. The second kappa shape index (κ2) is 5.38. The van der Waals surface area contributed by atoms with E-state index in [0.717, 1.165) is 6.26 Å². The smallest absolute Gasteiger partial charge is 0.229 e. The molecule has 1 atom stereocenters. The Kier molecular flexibility index (Phi) is 4.52. The normalized spacial score (nSPS) is 14.2. The van der Waals surface area contributed by atoms with Crippen LogP contribution in [-0.2, 0) is 21.0 Å². The molecule has 102 valence electrons. The van der Waals surface area contributed by atoms with Gasteiger partial charge in [-0.25, -0.2) is 17.3 Å². The van der Waals surface area contributed by atoms with E-state index in [9.17, 15) is 12.6 Å². The Bertz CT molecular complexity index is 548. The van der Waals surface area contributed by atoms with Gasteiger partial charge in [-0.1, -0.05) is 12.1 Å². The SMILES string of the molecule is CC(C)(C)NS(=O)c1ccccc1NS(C)(=O)=O. The summed E-state index contributed by atoms with van der Waals surface area (Å²) in [6, 6.07) is 6.61. The van der Waals surface area contributed by atoms with E-state index in [2.05, 4.69) is 9.44 Å². The molecule has 0 aliphatic heterocycles. The molecule has 1 unspecified atom stereocenters. The first-order valence-corrected chi connectivity index (χ1v) is 8.39. The molecule has 0 aromatic heterocycles. The lowest BCUT2D eigenvalue weighted by Gasteiger charge is -2.20. The van der Waals surface area contributed by atoms with Crippen LogP contribution >= 0.6 is 0 Å². The minimum atomic E-state index is -3.39. The Morgan fingerprint density at radius 3 is 2.22 bits per heavy atom. The van der Waals surface area contributed by atoms with Gasteiger partial charge in [0.2, 0.25) is 10.0 Å². The molecule has 0 aliphatic rings. The molecule has 1 rings (SSSR count). The molecular formula is C11H18N2O3S2. The highest BCUT2D eigenvalue weighted by atomic mass is 32.2. The number of para-hydroxylation sites is 1. The highest BCUT2D eigenvalue weighted by molar-refractivity contribution is 7.92. The first-order chi connectivity index (χ1) is 8.08. The van der Waals surface area contributed by atoms with Crippen molar-refractivity contribution >= 4 is 26.7 Å². The van der Waals surface area contributed by atoms with Gasteiger partial charge in [-0.05, 0) is 32.9 Å². The lowest BCUT2D eigenvalue weighted by Crippen LogP contribution is -2.37. The number of sulfonamides is 1. The van der Waals surface area contributed by atoms with Crippen LogP contribution in [-0.4, -0.2) is 24.4 Å². The lowest BCUT2D eigenvalue weighted by molar-refractivity contribution is 0.520. The van der Waals surface area contributed by atoms with Gasteiger partial charge in [0.05, 0.1) is 16.8 Å². The molecule has 0 amide bonds. The first kappa shape index (κ1) is 15.1. The predicted molar refractivity (Wildman–Crippen MR) is 74.2 cm³/mol. The van der Waals surface area contributed by atoms with Gasteiger partial charge in [0.15, 0.2) is 0 Å². The van der Waals surface area contributed by atoms with Crippen molar-refractivity contribution in [3.63, 3.8) is 0 Å². The lowest BCUT2D eigenvalue weighted by atomic mass is 10.1. The fourth-order valence-corrected chi connectivity index (χ4v) is 3.07. The van der Waals surface area contributed by atoms with Gasteiger partial charge in [-0.15, -0.1) is 0 Å². The highest BCUT2D eigenvalue weighted by Crippen LogP contribution is 2.20. The third-order valence-electron chi connectivity index (χ3n) is 1.78. The summed E-state index contributed by atoms with van der Waals surface area (Å²) in [5.41, 5.74) is -0.00151. The van der Waals surface area contributed by atoms with Crippen molar-refractivity contribution in [2.45, 2.75) is 31.2 Å². The molecule has 0 fully saturated rings. The standard InChI is InChI=1S/C11H18N2O3S2/c1-11(2,3)13-17(14)10-8-6-5-7-9(10)12-18(4,15)16/h5-8,12-13H,1-4H3. The van der Waals surface area contributed by atoms with E-state index >= 15 is 0 Å². The molecule has 0 saturated heterocycles. The van der Waals surface area contributed by atoms with Crippen LogP contribution in [0.4, 0.5) is 5.69 Å². The van der Waals surface area contributed by atoms with Crippen LogP contribution in [0.2, 0.25) is 0 Å². The number of hydrogen-bond acceptors (Lipinski definition) is 3. The van der Waals surface area contributed by atoms with E-state index in [1.54, 1.807) is 24.3 Å². The maximum absolute atomic E-state index is 12.1. The van der Waals surface area contributed by atoms with Crippen molar-refractivity contribution in [1.82, 2.24) is 4.72 Å². The van der Waals surface area contributed by atoms with E-state index < -0.39 is 21.0 Å². The maximum atomic E-state index is 12.1. The number of hydrogen-bond donors (Lipinski definition) is 2. The van der Waals surface area contributed by atoms with Crippen LogP contribution in [0.3, 0.4) is 0 Å². The molecule has 1 aromatic carbocycles. The Morgan fingerprint density at radius 1 is 1.17 bits per heavy atom. The largest absolute Gasteiger partial charge is 0.283 e. The number of rotatable bonds is 4. The Balaban J connectivity index is 3.06. The average molecular weight is 290 g/mol. The third-order valence-corrected chi connectivity index (χ3v) is 3.92. The molecule has 0 heterocycles. The second-order valence-corrected chi connectivity index (χ2v) is 7.92. The van der Waals surface area contributed by atoms with Crippen LogP contribution in [0.25, 0.3) is 0 Å². The summed E-state index contributed by atoms with van der Waals surface area (Å²) < 4.78 is 39.8. The van der Waals surface area contributed by atoms with Gasteiger partial charge >= 0.3 is 0 Å². The summed E-state index contributed by atoms with van der Waals surface area (Å²) >= 11 is 0. The van der Waals surface area contributed by atoms with E-state index in [-0.39, 0.29) is 5.54 Å². The topological polar surface area (TPSA) is 75.3 Å². The van der Waals surface area contributed by atoms with Gasteiger partial charge in [-0.2, -0.15) is 0 Å². The Morgan fingerprint density at radius 2 is 1.72 bits per heavy atom. The summed E-state index contributed by atoms with van der Waals surface area (Å²) in [6.45, 7) is 5.66. The molecular weight excluding hydrogens is 272 g/mol. The monoisotopic (exact) mass is 290 g/mol. The first-order valence-electron chi connectivity index (χ1n) is 5.35. The zero-order valence-corrected chi connectivity index (χ0v) is 12.5. The van der Waals surface area contributed by atoms with Crippen LogP contribution in [0.5, 0.6) is 0 Å². The van der Waals surface area contributed by atoms with Crippen LogP contribution in [0.1, 0.15) is 20.8 Å². The van der Waals surface area contributed by atoms with Crippen LogP contribution in [0.15, 0.2) is 29.2 Å². The van der Waals surface area contributed by atoms with Gasteiger partial charge < -0.3 is 0 Å². The molecule has 0 spiro atoms. The quantitative estimate of drug-likeness (QED) is 0.881. The zero-order valence-electron chi connectivity index (χ0n) is 10.9. The minimum absolute atomic E-state index is 0.329. The van der Waals surface area contributed by atoms with E-state index in [0.29, 0.717) is 10.6 Å². The van der Waals surface area contributed by atoms with Crippen molar-refractivity contribution in [2.75, 3.05) is 11.0 Å². The molecule has 0 radical (unpaired) electrons. The van der Waals surface area contributed by atoms with Gasteiger partial charge in [0.1, 0.15) is 11.0 Å². The summed E-state index contributed by atoms with van der Waals surface area (Å²) in [6.07, 6.45) is 1.06. The average Bonchev–Trinajstić information content (AvgIpc) is 2.12. The predicted octanol–water partition coefficient (Wildman–Crippen LogP) is 1.47. The van der Waals surface area contributed by atoms with Crippen LogP contribution in [0, 0.1) is 0 Å². The Labute approximate surface area is 111 Å². The molecule has 2 N–H and O–H groups in total. The molecule has 18 heavy (non-hydrogen) atoms. The van der Waals surface area contributed by atoms with Gasteiger partial charge in [0, 0.05) is 5.54 Å². The Hall–Kier alpha value is -0.920.